The molecule has 5 heterocycles. The molecule has 5 atom stereocenters. The molecule has 5 unspecified atom stereocenters. The summed E-state index contributed by atoms with van der Waals surface area (Å²) in [4.78, 5) is 73.0. The molecule has 0 aliphatic carbocycles. The molecule has 2 aromatic heterocycles. The largest absolute Gasteiger partial charge is 0.467 e. The zero-order valence-corrected chi connectivity index (χ0v) is 49.2. The fraction of sp³-hybridized carbons (Fsp3) is 0.581. The van der Waals surface area contributed by atoms with E-state index in [4.69, 9.17) is 19.2 Å². The summed E-state index contributed by atoms with van der Waals surface area (Å²) in [6.07, 6.45) is 7.15. The molecule has 0 saturated carbocycles. The lowest BCUT2D eigenvalue weighted by Gasteiger charge is -2.46. The van der Waals surface area contributed by atoms with Crippen LogP contribution in [0.1, 0.15) is 132 Å². The number of nitrogens with zero attached hydrogens (tertiary/aromatic N) is 6. The molecule has 7 rings (SSSR count). The van der Waals surface area contributed by atoms with Crippen LogP contribution in [0.5, 0.6) is 0 Å². The van der Waals surface area contributed by atoms with Crippen molar-refractivity contribution in [3.05, 3.63) is 77.6 Å². The third-order valence-electron chi connectivity index (χ3n) is 14.9. The van der Waals surface area contributed by atoms with Crippen LogP contribution in [0.25, 0.3) is 33.3 Å². The van der Waals surface area contributed by atoms with Gasteiger partial charge in [0.1, 0.15) is 12.1 Å². The van der Waals surface area contributed by atoms with Gasteiger partial charge in [0.2, 0.25) is 12.3 Å². The van der Waals surface area contributed by atoms with E-state index in [0.29, 0.717) is 44.5 Å². The number of likely N-dealkylation sites (N-methyl/N-ethyl adjacent to an activating group) is 1. The van der Waals surface area contributed by atoms with Gasteiger partial charge >= 0.3 is 0 Å². The zero-order valence-electron chi connectivity index (χ0n) is 49.2. The van der Waals surface area contributed by atoms with E-state index in [1.54, 1.807) is 25.4 Å². The lowest BCUT2D eigenvalue weighted by molar-refractivity contribution is -0.142. The van der Waals surface area contributed by atoms with Gasteiger partial charge in [0.25, 0.3) is 18.3 Å². The SMILES string of the molecule is CC.CC1COCC(C)N1C(C)(C)C#CC(=O)N1CCCC1.CCn1c(-c2cccnc2C(C)OC)c(CC(C)(C)COC=O)c2cc(-c3cccc(CC(NC(=O)C(C(C)C)N(C)C=O)C(=O)N4CCCCN4)c3)ccc21. The van der Waals surface area contributed by atoms with Gasteiger partial charge < -0.3 is 33.9 Å². The molecule has 3 aliphatic rings. The van der Waals surface area contributed by atoms with Gasteiger partial charge in [-0.1, -0.05) is 77.8 Å². The molecule has 2 aromatic carbocycles. The van der Waals surface area contributed by atoms with Crippen LogP contribution in [0.15, 0.2) is 60.8 Å². The van der Waals surface area contributed by atoms with E-state index in [2.05, 4.69) is 117 Å². The summed E-state index contributed by atoms with van der Waals surface area (Å²) < 4.78 is 19.0. The first-order valence-electron chi connectivity index (χ1n) is 28.2. The summed E-state index contributed by atoms with van der Waals surface area (Å²) in [7, 11) is 3.27. The number of pyridine rings is 1. The number of hydrogen-bond donors (Lipinski definition) is 2. The Kier molecular flexibility index (Phi) is 23.5. The van der Waals surface area contributed by atoms with E-state index in [-0.39, 0.29) is 53.7 Å². The molecule has 3 fully saturated rings. The molecular weight excluding hydrogens is 985 g/mol. The average Bonchev–Trinajstić information content (AvgIpc) is 4.10. The van der Waals surface area contributed by atoms with Crippen molar-refractivity contribution in [3.8, 4) is 34.2 Å². The van der Waals surface area contributed by atoms with Crippen molar-refractivity contribution in [2.45, 2.75) is 164 Å². The number of ether oxygens (including phenoxy) is 3. The molecule has 0 spiro atoms. The lowest BCUT2D eigenvalue weighted by atomic mass is 9.84. The molecular formula is C62H90N8O8. The van der Waals surface area contributed by atoms with E-state index < -0.39 is 12.1 Å². The van der Waals surface area contributed by atoms with Gasteiger partial charge in [-0.3, -0.25) is 38.9 Å². The second-order valence-corrected chi connectivity index (χ2v) is 22.3. The first-order chi connectivity index (χ1) is 37.2. The Balaban J connectivity index is 0.000000424. The summed E-state index contributed by atoms with van der Waals surface area (Å²) in [6.45, 7) is 30.5. The summed E-state index contributed by atoms with van der Waals surface area (Å²) in [5.41, 5.74) is 10.5. The van der Waals surface area contributed by atoms with Crippen LogP contribution in [0.3, 0.4) is 0 Å². The van der Waals surface area contributed by atoms with Crippen LogP contribution in [0.2, 0.25) is 0 Å². The molecule has 3 saturated heterocycles. The number of morpholine rings is 1. The van der Waals surface area contributed by atoms with Gasteiger partial charge in [0, 0.05) is 93.5 Å². The second-order valence-electron chi connectivity index (χ2n) is 22.3. The number of fused-ring (bicyclic) bond motifs is 1. The number of amides is 4. The molecule has 0 bridgehead atoms. The van der Waals surface area contributed by atoms with Gasteiger partial charge in [-0.05, 0) is 132 Å². The molecule has 16 heteroatoms. The van der Waals surface area contributed by atoms with Gasteiger partial charge in [0.05, 0.1) is 42.9 Å². The molecule has 4 amide bonds. The minimum absolute atomic E-state index is 0.0239. The van der Waals surface area contributed by atoms with Gasteiger partial charge in [-0.15, -0.1) is 0 Å². The first kappa shape index (κ1) is 62.7. The number of methoxy groups -OCH3 is 1. The van der Waals surface area contributed by atoms with Crippen LogP contribution >= 0.6 is 0 Å². The average molecular weight is 1080 g/mol. The van der Waals surface area contributed by atoms with Crippen molar-refractivity contribution >= 4 is 41.5 Å². The van der Waals surface area contributed by atoms with E-state index in [1.807, 2.05) is 57.7 Å². The van der Waals surface area contributed by atoms with Crippen molar-refractivity contribution in [1.29, 1.82) is 0 Å². The Bertz CT molecular complexity index is 2680. The zero-order chi connectivity index (χ0) is 57.3. The molecule has 3 aliphatic heterocycles. The summed E-state index contributed by atoms with van der Waals surface area (Å²) >= 11 is 0. The number of hydrazine groups is 1. The Labute approximate surface area is 465 Å². The Morgan fingerprint density at radius 1 is 0.936 bits per heavy atom. The van der Waals surface area contributed by atoms with Crippen LogP contribution < -0.4 is 10.7 Å². The van der Waals surface area contributed by atoms with Crippen molar-refractivity contribution in [1.82, 2.24) is 40.0 Å². The minimum atomic E-state index is -0.848. The molecule has 2 N–H and O–H groups in total. The van der Waals surface area contributed by atoms with Crippen molar-refractivity contribution < 1.29 is 38.2 Å². The number of carbonyl (C=O) groups is 5. The third-order valence-corrected chi connectivity index (χ3v) is 14.9. The number of benzene rings is 2. The predicted molar refractivity (Wildman–Crippen MR) is 309 cm³/mol. The molecule has 426 valence electrons. The number of carbonyl (C=O) groups excluding carboxylic acids is 5. The normalized spacial score (nSPS) is 18.0. The highest BCUT2D eigenvalue weighted by Gasteiger charge is 2.37. The number of aryl methyl sites for hydroxylation is 1. The molecule has 78 heavy (non-hydrogen) atoms. The van der Waals surface area contributed by atoms with E-state index in [1.165, 1.54) is 4.90 Å². The number of rotatable bonds is 19. The third kappa shape index (κ3) is 15.8. The van der Waals surface area contributed by atoms with Crippen molar-refractivity contribution in [2.24, 2.45) is 11.3 Å². The summed E-state index contributed by atoms with van der Waals surface area (Å²) in [6, 6.07) is 17.7. The smallest absolute Gasteiger partial charge is 0.298 e. The maximum atomic E-state index is 14.0. The molecule has 0 radical (unpaired) electrons. The van der Waals surface area contributed by atoms with Gasteiger partial charge in [-0.25, -0.2) is 5.43 Å². The Morgan fingerprint density at radius 2 is 1.62 bits per heavy atom. The van der Waals surface area contributed by atoms with E-state index in [0.717, 1.165) is 109 Å². The minimum Gasteiger partial charge on any atom is -0.467 e. The number of hydrogen-bond acceptors (Lipinski definition) is 11. The fourth-order valence-electron chi connectivity index (χ4n) is 11.3. The van der Waals surface area contributed by atoms with Crippen LogP contribution in [0, 0.1) is 23.2 Å². The lowest BCUT2D eigenvalue weighted by Crippen LogP contribution is -2.58. The number of aromatic nitrogens is 2. The van der Waals surface area contributed by atoms with Gasteiger partial charge in [0.15, 0.2) is 0 Å². The Hall–Kier alpha value is -6.12. The number of likely N-dealkylation sites (tertiary alicyclic amines) is 1. The first-order valence-corrected chi connectivity index (χ1v) is 28.2. The topological polar surface area (TPSA) is 168 Å². The highest BCUT2D eigenvalue weighted by molar-refractivity contribution is 5.96. The van der Waals surface area contributed by atoms with Gasteiger partial charge in [-0.2, -0.15) is 0 Å². The summed E-state index contributed by atoms with van der Waals surface area (Å²) in [5.74, 6) is 5.30. The molecule has 4 aromatic rings. The van der Waals surface area contributed by atoms with E-state index >= 15 is 0 Å². The van der Waals surface area contributed by atoms with Crippen LogP contribution in [0.4, 0.5) is 0 Å². The maximum Gasteiger partial charge on any atom is 0.298 e. The second kappa shape index (κ2) is 29.2. The monoisotopic (exact) mass is 1070 g/mol. The molecule has 16 nitrogen and oxygen atoms in total. The van der Waals surface area contributed by atoms with Crippen molar-refractivity contribution in [2.75, 3.05) is 60.2 Å². The highest BCUT2D eigenvalue weighted by Crippen LogP contribution is 2.42. The van der Waals surface area contributed by atoms with Crippen LogP contribution in [-0.4, -0.2) is 150 Å². The number of nitrogens with one attached hydrogen (secondary N) is 2. The fourth-order valence-corrected chi connectivity index (χ4v) is 11.3. The maximum absolute atomic E-state index is 14.0. The predicted octanol–water partition coefficient (Wildman–Crippen LogP) is 8.63. The highest BCUT2D eigenvalue weighted by atomic mass is 16.5. The van der Waals surface area contributed by atoms with Crippen molar-refractivity contribution in [3.63, 3.8) is 0 Å². The Morgan fingerprint density at radius 3 is 2.23 bits per heavy atom. The summed E-state index contributed by atoms with van der Waals surface area (Å²) in [5, 5.41) is 5.71. The quantitative estimate of drug-likeness (QED) is 0.0682. The standard InChI is InChI=1S/C44H58N6O6.C16H26N2O2.C2H6/c1-9-49-38-18-17-33(24-35(38)36(25-44(5,6)26-56-28-52)41(49)34-16-13-19-45-39(34)30(4)55-8)32-15-12-14-31(22-32)23-37(43(54)50-21-11-10-20-46-50)47-42(53)40(29(2)3)48(7)27-51;1-13-11-20-12-14(2)18(13)16(3,4)8-7-15(19)17-9-5-6-10-17;1-2/h12-19,22,24,27-30,37,40,46H,9-11,20-21,23,25-26H2,1-8H3,(H,47,53);13-14H,5-6,9-12H2,1-4H3;1-2H3. The van der Waals surface area contributed by atoms with E-state index in [9.17, 15) is 24.0 Å². The van der Waals surface area contributed by atoms with Crippen LogP contribution in [-0.2, 0) is 57.6 Å².